The summed E-state index contributed by atoms with van der Waals surface area (Å²) in [7, 11) is 0. The van der Waals surface area contributed by atoms with Gasteiger partial charge in [-0.25, -0.2) is 0 Å². The molecule has 0 bridgehead atoms. The Morgan fingerprint density at radius 3 is 1.26 bits per heavy atom. The lowest BCUT2D eigenvalue weighted by Gasteiger charge is -2.15. The molecule has 0 radical (unpaired) electrons. The van der Waals surface area contributed by atoms with Crippen molar-refractivity contribution in [3.05, 3.63) is 72.8 Å². The standard InChI is InChI=1S/C30H30S4/c1-3-5-19-31-27-17-15-25(33-27)29-21-11-7-9-13-23(21)30(24-14-10-8-12-22(24)29)26-16-18-28(34-26)32-20-6-4-2/h7-18H,3-6,19-20H2,1-2H3. The van der Waals surface area contributed by atoms with E-state index in [4.69, 9.17) is 0 Å². The summed E-state index contributed by atoms with van der Waals surface area (Å²) in [6, 6.07) is 27.3. The summed E-state index contributed by atoms with van der Waals surface area (Å²) in [5, 5.41) is 5.43. The molecule has 3 aromatic carbocycles. The van der Waals surface area contributed by atoms with Crippen molar-refractivity contribution in [3.63, 3.8) is 0 Å². The van der Waals surface area contributed by atoms with Crippen LogP contribution in [0.1, 0.15) is 39.5 Å². The van der Waals surface area contributed by atoms with Crippen LogP contribution < -0.4 is 0 Å². The van der Waals surface area contributed by atoms with Crippen LogP contribution >= 0.6 is 46.2 Å². The molecule has 174 valence electrons. The largest absolute Gasteiger partial charge is 0.129 e. The second kappa shape index (κ2) is 11.3. The van der Waals surface area contributed by atoms with E-state index < -0.39 is 0 Å². The molecule has 0 saturated carbocycles. The van der Waals surface area contributed by atoms with Gasteiger partial charge >= 0.3 is 0 Å². The van der Waals surface area contributed by atoms with Crippen LogP contribution in [0.3, 0.4) is 0 Å². The fourth-order valence-corrected chi connectivity index (χ4v) is 9.09. The first-order valence-electron chi connectivity index (χ1n) is 12.2. The summed E-state index contributed by atoms with van der Waals surface area (Å²) in [5.41, 5.74) is 2.77. The lowest BCUT2D eigenvalue weighted by atomic mass is 9.90. The van der Waals surface area contributed by atoms with Gasteiger partial charge in [-0.05, 0) is 70.2 Å². The molecule has 0 spiro atoms. The minimum Gasteiger partial charge on any atom is -0.129 e. The highest BCUT2D eigenvalue weighted by molar-refractivity contribution is 8.01. The number of hydrogen-bond acceptors (Lipinski definition) is 4. The Kier molecular flexibility index (Phi) is 8.01. The van der Waals surface area contributed by atoms with Gasteiger partial charge in [-0.15, -0.1) is 46.2 Å². The molecule has 0 nitrogen and oxygen atoms in total. The molecule has 0 saturated heterocycles. The van der Waals surface area contributed by atoms with Gasteiger partial charge in [0.05, 0.1) is 8.42 Å². The van der Waals surface area contributed by atoms with Crippen LogP contribution in [0, 0.1) is 0 Å². The molecule has 5 rings (SSSR count). The van der Waals surface area contributed by atoms with Crippen LogP contribution in [-0.4, -0.2) is 11.5 Å². The second-order valence-corrected chi connectivity index (χ2v) is 13.4. The quantitative estimate of drug-likeness (QED) is 0.102. The van der Waals surface area contributed by atoms with Crippen LogP contribution in [-0.2, 0) is 0 Å². The maximum Gasteiger partial charge on any atom is 0.0605 e. The van der Waals surface area contributed by atoms with E-state index in [1.165, 1.54) is 88.0 Å². The average Bonchev–Trinajstić information content (AvgIpc) is 3.53. The molecule has 0 aliphatic carbocycles. The predicted octanol–water partition coefficient (Wildman–Crippen LogP) is 11.2. The van der Waals surface area contributed by atoms with E-state index in [1.807, 2.05) is 46.2 Å². The summed E-state index contributed by atoms with van der Waals surface area (Å²) in [6.07, 6.45) is 5.06. The molecule has 5 aromatic rings. The highest BCUT2D eigenvalue weighted by Gasteiger charge is 2.18. The topological polar surface area (TPSA) is 0 Å². The van der Waals surface area contributed by atoms with Crippen molar-refractivity contribution >= 4 is 67.7 Å². The third kappa shape index (κ3) is 4.97. The fourth-order valence-electron chi connectivity index (χ4n) is 4.36. The van der Waals surface area contributed by atoms with Gasteiger partial charge in [0.25, 0.3) is 0 Å². The lowest BCUT2D eigenvalue weighted by molar-refractivity contribution is 0.896. The van der Waals surface area contributed by atoms with E-state index in [0.29, 0.717) is 0 Å². The number of benzene rings is 3. The first kappa shape index (κ1) is 24.0. The second-order valence-electron chi connectivity index (χ2n) is 8.48. The monoisotopic (exact) mass is 518 g/mol. The van der Waals surface area contributed by atoms with Crippen molar-refractivity contribution in [1.82, 2.24) is 0 Å². The van der Waals surface area contributed by atoms with E-state index >= 15 is 0 Å². The number of unbranched alkanes of at least 4 members (excludes halogenated alkanes) is 2. The first-order valence-corrected chi connectivity index (χ1v) is 15.8. The van der Waals surface area contributed by atoms with Gasteiger partial charge in [0, 0.05) is 20.9 Å². The molecule has 0 unspecified atom stereocenters. The molecule has 2 aromatic heterocycles. The Hall–Kier alpha value is -1.72. The summed E-state index contributed by atoms with van der Waals surface area (Å²) in [5.74, 6) is 2.40. The van der Waals surface area contributed by atoms with Crippen LogP contribution in [0.4, 0.5) is 0 Å². The number of thiophene rings is 2. The molecule has 0 aliphatic rings. The smallest absolute Gasteiger partial charge is 0.0605 e. The van der Waals surface area contributed by atoms with E-state index in [1.54, 1.807) is 0 Å². The zero-order chi connectivity index (χ0) is 23.3. The molecule has 0 amide bonds. The lowest BCUT2D eigenvalue weighted by Crippen LogP contribution is -1.88. The van der Waals surface area contributed by atoms with Gasteiger partial charge in [0.1, 0.15) is 0 Å². The third-order valence-corrected chi connectivity index (χ3v) is 10.9. The Bertz CT molecular complexity index is 1230. The van der Waals surface area contributed by atoms with Crippen LogP contribution in [0.2, 0.25) is 0 Å². The zero-order valence-electron chi connectivity index (χ0n) is 19.8. The molecule has 0 fully saturated rings. The summed E-state index contributed by atoms with van der Waals surface area (Å²) >= 11 is 7.89. The minimum absolute atomic E-state index is 1.20. The van der Waals surface area contributed by atoms with E-state index in [-0.39, 0.29) is 0 Å². The van der Waals surface area contributed by atoms with Gasteiger partial charge in [0.15, 0.2) is 0 Å². The number of thioether (sulfide) groups is 2. The predicted molar refractivity (Wildman–Crippen MR) is 159 cm³/mol. The van der Waals surface area contributed by atoms with Gasteiger partial charge in [-0.1, -0.05) is 75.2 Å². The molecule has 0 aliphatic heterocycles. The van der Waals surface area contributed by atoms with Crippen molar-refractivity contribution in [2.45, 2.75) is 47.9 Å². The number of rotatable bonds is 10. The maximum atomic E-state index is 2.33. The molecule has 0 atom stereocenters. The summed E-state index contributed by atoms with van der Waals surface area (Å²) < 4.78 is 2.85. The molecular weight excluding hydrogens is 489 g/mol. The van der Waals surface area contributed by atoms with Crippen molar-refractivity contribution in [3.8, 4) is 20.9 Å². The van der Waals surface area contributed by atoms with Crippen molar-refractivity contribution in [2.24, 2.45) is 0 Å². The van der Waals surface area contributed by atoms with Crippen molar-refractivity contribution in [2.75, 3.05) is 11.5 Å². The Morgan fingerprint density at radius 1 is 0.529 bits per heavy atom. The molecule has 34 heavy (non-hydrogen) atoms. The normalized spacial score (nSPS) is 11.6. The maximum absolute atomic E-state index is 2.33. The van der Waals surface area contributed by atoms with Gasteiger partial charge in [-0.3, -0.25) is 0 Å². The van der Waals surface area contributed by atoms with Crippen molar-refractivity contribution < 1.29 is 0 Å². The van der Waals surface area contributed by atoms with Crippen LogP contribution in [0.5, 0.6) is 0 Å². The molecular formula is C30H30S4. The Labute approximate surface area is 219 Å². The minimum atomic E-state index is 1.20. The average molecular weight is 519 g/mol. The highest BCUT2D eigenvalue weighted by Crippen LogP contribution is 2.48. The van der Waals surface area contributed by atoms with E-state index in [0.717, 1.165) is 0 Å². The third-order valence-electron chi connectivity index (χ3n) is 6.07. The van der Waals surface area contributed by atoms with E-state index in [2.05, 4.69) is 86.6 Å². The van der Waals surface area contributed by atoms with Gasteiger partial charge in [-0.2, -0.15) is 0 Å². The summed E-state index contributed by atoms with van der Waals surface area (Å²) in [6.45, 7) is 4.53. The zero-order valence-corrected chi connectivity index (χ0v) is 23.1. The van der Waals surface area contributed by atoms with E-state index in [9.17, 15) is 0 Å². The first-order chi connectivity index (χ1) is 16.8. The highest BCUT2D eigenvalue weighted by atomic mass is 32.2. The van der Waals surface area contributed by atoms with Crippen molar-refractivity contribution in [1.29, 1.82) is 0 Å². The fraction of sp³-hybridized carbons (Fsp3) is 0.267. The Morgan fingerprint density at radius 2 is 0.912 bits per heavy atom. The number of fused-ring (bicyclic) bond motifs is 2. The van der Waals surface area contributed by atoms with Crippen LogP contribution in [0.15, 0.2) is 81.2 Å². The van der Waals surface area contributed by atoms with Gasteiger partial charge < -0.3 is 0 Å². The molecule has 0 N–H and O–H groups in total. The Balaban J connectivity index is 1.65. The SMILES string of the molecule is CCCCSc1ccc(-c2c3ccccc3c(-c3ccc(SCCCC)s3)c3ccccc23)s1. The van der Waals surface area contributed by atoms with Crippen LogP contribution in [0.25, 0.3) is 42.4 Å². The van der Waals surface area contributed by atoms with Gasteiger partial charge in [0.2, 0.25) is 0 Å². The molecule has 2 heterocycles. The molecule has 4 heteroatoms. The summed E-state index contributed by atoms with van der Waals surface area (Å²) in [4.78, 5) is 2.75. The number of hydrogen-bond donors (Lipinski definition) is 0.